The van der Waals surface area contributed by atoms with Gasteiger partial charge >= 0.3 is 0 Å². The van der Waals surface area contributed by atoms with Gasteiger partial charge in [-0.25, -0.2) is 4.39 Å². The van der Waals surface area contributed by atoms with Crippen LogP contribution in [-0.4, -0.2) is 12.5 Å². The molecule has 3 rings (SSSR count). The van der Waals surface area contributed by atoms with E-state index >= 15 is 0 Å². The zero-order valence-electron chi connectivity index (χ0n) is 14.1. The Morgan fingerprint density at radius 1 is 1.19 bits per heavy atom. The molecular formula is C20H18BrFN2OS. The molecule has 0 aliphatic heterocycles. The fourth-order valence-corrected chi connectivity index (χ4v) is 3.95. The van der Waals surface area contributed by atoms with Gasteiger partial charge in [-0.05, 0) is 59.8 Å². The molecule has 134 valence electrons. The van der Waals surface area contributed by atoms with Crippen LogP contribution < -0.4 is 10.6 Å². The Morgan fingerprint density at radius 3 is 2.62 bits per heavy atom. The van der Waals surface area contributed by atoms with E-state index in [1.165, 1.54) is 12.1 Å². The molecule has 0 aliphatic carbocycles. The summed E-state index contributed by atoms with van der Waals surface area (Å²) in [6, 6.07) is 15.9. The summed E-state index contributed by atoms with van der Waals surface area (Å²) in [7, 11) is 0. The van der Waals surface area contributed by atoms with Crippen molar-refractivity contribution < 1.29 is 9.18 Å². The van der Waals surface area contributed by atoms with Crippen LogP contribution in [0.2, 0.25) is 0 Å². The molecule has 26 heavy (non-hydrogen) atoms. The quantitative estimate of drug-likeness (QED) is 0.556. The second kappa shape index (κ2) is 8.58. The monoisotopic (exact) mass is 432 g/mol. The highest BCUT2D eigenvalue weighted by atomic mass is 79.9. The molecule has 2 aromatic carbocycles. The van der Waals surface area contributed by atoms with Gasteiger partial charge in [-0.2, -0.15) is 0 Å². The van der Waals surface area contributed by atoms with Crippen LogP contribution in [0.3, 0.4) is 0 Å². The number of rotatable bonds is 6. The number of hydrogen-bond donors (Lipinski definition) is 2. The van der Waals surface area contributed by atoms with E-state index in [1.54, 1.807) is 23.5 Å². The van der Waals surface area contributed by atoms with Crippen molar-refractivity contribution in [1.29, 1.82) is 0 Å². The predicted molar refractivity (Wildman–Crippen MR) is 108 cm³/mol. The van der Waals surface area contributed by atoms with Crippen molar-refractivity contribution in [3.63, 3.8) is 0 Å². The van der Waals surface area contributed by atoms with Crippen molar-refractivity contribution in [3.05, 3.63) is 86.3 Å². The number of hydrogen-bond acceptors (Lipinski definition) is 3. The average Bonchev–Trinajstić information content (AvgIpc) is 3.13. The summed E-state index contributed by atoms with van der Waals surface area (Å²) in [5, 5.41) is 8.18. The summed E-state index contributed by atoms with van der Waals surface area (Å²) in [4.78, 5) is 13.4. The maximum Gasteiger partial charge on any atom is 0.238 e. The molecule has 2 N–H and O–H groups in total. The molecule has 3 aromatic rings. The standard InChI is InChI=1S/C20H18BrFN2OS/c1-13-11-15(21)6-9-17(13)24-19(25)12-23-20(18-3-2-10-26-18)14-4-7-16(22)8-5-14/h2-11,20,23H,12H2,1H3,(H,24,25)/t20-/m0/s1. The van der Waals surface area contributed by atoms with Crippen molar-refractivity contribution in [3.8, 4) is 0 Å². The first kappa shape index (κ1) is 18.8. The Bertz CT molecular complexity index is 881. The molecule has 0 fully saturated rings. The molecule has 0 bridgehead atoms. The molecule has 1 aromatic heterocycles. The number of nitrogens with one attached hydrogen (secondary N) is 2. The second-order valence-electron chi connectivity index (χ2n) is 5.89. The Morgan fingerprint density at radius 2 is 1.96 bits per heavy atom. The predicted octanol–water partition coefficient (Wildman–Crippen LogP) is 5.28. The maximum atomic E-state index is 13.2. The highest BCUT2D eigenvalue weighted by molar-refractivity contribution is 9.10. The Kier molecular flexibility index (Phi) is 6.19. The third-order valence-corrected chi connectivity index (χ3v) is 5.39. The molecule has 0 saturated heterocycles. The normalized spacial score (nSPS) is 12.0. The number of aryl methyl sites for hydroxylation is 1. The number of carbonyl (C=O) groups is 1. The van der Waals surface area contributed by atoms with Crippen LogP contribution in [0.5, 0.6) is 0 Å². The van der Waals surface area contributed by atoms with Crippen molar-refractivity contribution in [2.24, 2.45) is 0 Å². The Hall–Kier alpha value is -2.02. The highest BCUT2D eigenvalue weighted by Crippen LogP contribution is 2.26. The van der Waals surface area contributed by atoms with Crippen LogP contribution in [0.1, 0.15) is 22.0 Å². The molecule has 6 heteroatoms. The summed E-state index contributed by atoms with van der Waals surface area (Å²) in [6.07, 6.45) is 0. The average molecular weight is 433 g/mol. The lowest BCUT2D eigenvalue weighted by molar-refractivity contribution is -0.115. The van der Waals surface area contributed by atoms with Crippen LogP contribution in [-0.2, 0) is 4.79 Å². The number of amides is 1. The van der Waals surface area contributed by atoms with E-state index < -0.39 is 0 Å². The van der Waals surface area contributed by atoms with Gasteiger partial charge in [-0.1, -0.05) is 34.1 Å². The summed E-state index contributed by atoms with van der Waals surface area (Å²) < 4.78 is 14.2. The molecule has 1 amide bonds. The van der Waals surface area contributed by atoms with Crippen LogP contribution in [0.4, 0.5) is 10.1 Å². The molecule has 0 unspecified atom stereocenters. The van der Waals surface area contributed by atoms with Crippen molar-refractivity contribution in [2.75, 3.05) is 11.9 Å². The van der Waals surface area contributed by atoms with Crippen molar-refractivity contribution in [2.45, 2.75) is 13.0 Å². The molecule has 1 atom stereocenters. The van der Waals surface area contributed by atoms with Gasteiger partial charge in [-0.3, -0.25) is 10.1 Å². The van der Waals surface area contributed by atoms with Gasteiger partial charge in [0.15, 0.2) is 0 Å². The van der Waals surface area contributed by atoms with Gasteiger partial charge in [0.2, 0.25) is 5.91 Å². The van der Waals surface area contributed by atoms with E-state index in [9.17, 15) is 9.18 Å². The number of carbonyl (C=O) groups excluding carboxylic acids is 1. The van der Waals surface area contributed by atoms with Crippen molar-refractivity contribution >= 4 is 38.9 Å². The van der Waals surface area contributed by atoms with Crippen LogP contribution >= 0.6 is 27.3 Å². The summed E-state index contributed by atoms with van der Waals surface area (Å²) >= 11 is 5.01. The zero-order chi connectivity index (χ0) is 18.5. The maximum absolute atomic E-state index is 13.2. The minimum absolute atomic E-state index is 0.126. The summed E-state index contributed by atoms with van der Waals surface area (Å²) in [6.45, 7) is 2.09. The first-order chi connectivity index (χ1) is 12.5. The molecule has 3 nitrogen and oxygen atoms in total. The molecular weight excluding hydrogens is 415 g/mol. The smallest absolute Gasteiger partial charge is 0.238 e. The minimum atomic E-state index is -0.276. The van der Waals surface area contributed by atoms with Crippen LogP contribution in [0.25, 0.3) is 0 Å². The highest BCUT2D eigenvalue weighted by Gasteiger charge is 2.16. The lowest BCUT2D eigenvalue weighted by Gasteiger charge is -2.18. The van der Waals surface area contributed by atoms with Gasteiger partial charge in [0, 0.05) is 15.0 Å². The first-order valence-electron chi connectivity index (χ1n) is 8.11. The van der Waals surface area contributed by atoms with E-state index in [0.29, 0.717) is 0 Å². The second-order valence-corrected chi connectivity index (χ2v) is 7.78. The Balaban J connectivity index is 1.69. The van der Waals surface area contributed by atoms with E-state index in [2.05, 4.69) is 26.6 Å². The van der Waals surface area contributed by atoms with E-state index in [1.807, 2.05) is 42.6 Å². The SMILES string of the molecule is Cc1cc(Br)ccc1NC(=O)CN[C@@H](c1ccc(F)cc1)c1cccs1. The number of thiophene rings is 1. The van der Waals surface area contributed by atoms with Gasteiger partial charge in [0.05, 0.1) is 12.6 Å². The van der Waals surface area contributed by atoms with E-state index in [4.69, 9.17) is 0 Å². The fraction of sp³-hybridized carbons (Fsp3) is 0.150. The largest absolute Gasteiger partial charge is 0.325 e. The number of benzene rings is 2. The Labute approximate surface area is 164 Å². The lowest BCUT2D eigenvalue weighted by Crippen LogP contribution is -2.31. The fourth-order valence-electron chi connectivity index (χ4n) is 2.65. The van der Waals surface area contributed by atoms with E-state index in [0.717, 1.165) is 26.2 Å². The van der Waals surface area contributed by atoms with Crippen LogP contribution in [0, 0.1) is 12.7 Å². The molecule has 0 saturated carbocycles. The van der Waals surface area contributed by atoms with Gasteiger partial charge in [-0.15, -0.1) is 11.3 Å². The first-order valence-corrected chi connectivity index (χ1v) is 9.78. The number of halogens is 2. The van der Waals surface area contributed by atoms with Gasteiger partial charge < -0.3 is 5.32 Å². The molecule has 0 aliphatic rings. The van der Waals surface area contributed by atoms with Gasteiger partial charge in [0.1, 0.15) is 5.82 Å². The van der Waals surface area contributed by atoms with Crippen molar-refractivity contribution in [1.82, 2.24) is 5.32 Å². The zero-order valence-corrected chi connectivity index (χ0v) is 16.5. The van der Waals surface area contributed by atoms with Gasteiger partial charge in [0.25, 0.3) is 0 Å². The minimum Gasteiger partial charge on any atom is -0.325 e. The van der Waals surface area contributed by atoms with Crippen LogP contribution in [0.15, 0.2) is 64.5 Å². The third-order valence-electron chi connectivity index (χ3n) is 3.96. The number of anilines is 1. The summed E-state index contributed by atoms with van der Waals surface area (Å²) in [5.74, 6) is -0.402. The summed E-state index contributed by atoms with van der Waals surface area (Å²) in [5.41, 5.74) is 2.69. The molecule has 0 spiro atoms. The van der Waals surface area contributed by atoms with E-state index in [-0.39, 0.29) is 24.3 Å². The third kappa shape index (κ3) is 4.78. The molecule has 0 radical (unpaired) electrons. The molecule has 1 heterocycles. The topological polar surface area (TPSA) is 41.1 Å². The lowest BCUT2D eigenvalue weighted by atomic mass is 10.1.